The molecular formula is C22H21FN4O2S. The number of aryl methyl sites for hydroxylation is 1. The molecule has 2 aromatic heterocycles. The molecule has 0 saturated heterocycles. The molecule has 6 nitrogen and oxygen atoms in total. The van der Waals surface area contributed by atoms with Crippen molar-refractivity contribution in [2.75, 3.05) is 6.54 Å². The molecule has 4 aromatic rings. The van der Waals surface area contributed by atoms with Crippen LogP contribution in [0.15, 0.2) is 71.8 Å². The minimum Gasteiger partial charge on any atom is -0.307 e. The first-order valence-corrected chi connectivity index (χ1v) is 11.1. The number of pyridine rings is 1. The number of aromatic nitrogens is 3. The lowest BCUT2D eigenvalue weighted by Crippen LogP contribution is -2.27. The van der Waals surface area contributed by atoms with Crippen LogP contribution in [-0.4, -0.2) is 29.5 Å². The molecule has 0 bridgehead atoms. The summed E-state index contributed by atoms with van der Waals surface area (Å²) >= 11 is 0. The van der Waals surface area contributed by atoms with Crippen molar-refractivity contribution >= 4 is 21.2 Å². The van der Waals surface area contributed by atoms with E-state index in [1.54, 1.807) is 36.5 Å². The SMILES string of the molecule is CCc1ccc(S(=O)(=O)NCCn2c(-c3ccc(F)cc3)nc3cccnc32)cc1. The van der Waals surface area contributed by atoms with Crippen LogP contribution < -0.4 is 4.72 Å². The van der Waals surface area contributed by atoms with Crippen molar-refractivity contribution in [2.45, 2.75) is 24.8 Å². The Morgan fingerprint density at radius 2 is 1.77 bits per heavy atom. The Kier molecular flexibility index (Phi) is 5.61. The van der Waals surface area contributed by atoms with Gasteiger partial charge in [0.2, 0.25) is 10.0 Å². The second-order valence-electron chi connectivity index (χ2n) is 6.84. The van der Waals surface area contributed by atoms with Crippen molar-refractivity contribution in [3.05, 3.63) is 78.2 Å². The van der Waals surface area contributed by atoms with Crippen LogP contribution in [0, 0.1) is 5.82 Å². The second-order valence-corrected chi connectivity index (χ2v) is 8.60. The number of sulfonamides is 1. The Morgan fingerprint density at radius 1 is 1.03 bits per heavy atom. The Balaban J connectivity index is 1.59. The van der Waals surface area contributed by atoms with Gasteiger partial charge in [-0.15, -0.1) is 0 Å². The topological polar surface area (TPSA) is 76.9 Å². The first-order chi connectivity index (χ1) is 14.5. The zero-order chi connectivity index (χ0) is 21.1. The lowest BCUT2D eigenvalue weighted by atomic mass is 10.2. The van der Waals surface area contributed by atoms with E-state index in [0.29, 0.717) is 23.5 Å². The van der Waals surface area contributed by atoms with Gasteiger partial charge in [0.25, 0.3) is 0 Å². The van der Waals surface area contributed by atoms with E-state index >= 15 is 0 Å². The van der Waals surface area contributed by atoms with Crippen LogP contribution in [-0.2, 0) is 23.0 Å². The molecule has 2 heterocycles. The normalized spacial score (nSPS) is 11.8. The molecule has 4 rings (SSSR count). The predicted octanol–water partition coefficient (Wildman–Crippen LogP) is 3.78. The Morgan fingerprint density at radius 3 is 2.47 bits per heavy atom. The number of imidazole rings is 1. The number of nitrogens with zero attached hydrogens (tertiary/aromatic N) is 3. The maximum Gasteiger partial charge on any atom is 0.240 e. The monoisotopic (exact) mass is 424 g/mol. The van der Waals surface area contributed by atoms with Gasteiger partial charge in [0.05, 0.1) is 4.90 Å². The van der Waals surface area contributed by atoms with E-state index in [1.807, 2.05) is 29.7 Å². The largest absolute Gasteiger partial charge is 0.307 e. The third-order valence-corrected chi connectivity index (χ3v) is 6.35. The molecule has 30 heavy (non-hydrogen) atoms. The van der Waals surface area contributed by atoms with E-state index < -0.39 is 10.0 Å². The molecular weight excluding hydrogens is 403 g/mol. The van der Waals surface area contributed by atoms with E-state index in [1.165, 1.54) is 12.1 Å². The van der Waals surface area contributed by atoms with Crippen molar-refractivity contribution in [1.82, 2.24) is 19.3 Å². The molecule has 0 amide bonds. The molecule has 0 aliphatic rings. The average Bonchev–Trinajstić information content (AvgIpc) is 3.13. The fourth-order valence-corrected chi connectivity index (χ4v) is 4.29. The Hall–Kier alpha value is -3.10. The number of halogens is 1. The number of fused-ring (bicyclic) bond motifs is 1. The summed E-state index contributed by atoms with van der Waals surface area (Å²) in [6.45, 7) is 2.50. The van der Waals surface area contributed by atoms with Crippen LogP contribution >= 0.6 is 0 Å². The molecule has 0 atom stereocenters. The minimum absolute atomic E-state index is 0.161. The van der Waals surface area contributed by atoms with Crippen LogP contribution in [0.3, 0.4) is 0 Å². The maximum absolute atomic E-state index is 13.3. The van der Waals surface area contributed by atoms with Gasteiger partial charge in [0.15, 0.2) is 5.65 Å². The minimum atomic E-state index is -3.63. The fourth-order valence-electron chi connectivity index (χ4n) is 3.27. The summed E-state index contributed by atoms with van der Waals surface area (Å²) in [6.07, 6.45) is 2.51. The van der Waals surface area contributed by atoms with E-state index in [9.17, 15) is 12.8 Å². The van der Waals surface area contributed by atoms with Crippen LogP contribution in [0.2, 0.25) is 0 Å². The van der Waals surface area contributed by atoms with Gasteiger partial charge in [0, 0.05) is 24.8 Å². The van der Waals surface area contributed by atoms with Gasteiger partial charge in [-0.05, 0) is 60.5 Å². The molecule has 8 heteroatoms. The first kappa shape index (κ1) is 20.2. The van der Waals surface area contributed by atoms with Gasteiger partial charge >= 0.3 is 0 Å². The van der Waals surface area contributed by atoms with Gasteiger partial charge in [-0.1, -0.05) is 19.1 Å². The average molecular weight is 425 g/mol. The summed E-state index contributed by atoms with van der Waals surface area (Å²) in [5, 5.41) is 0. The maximum atomic E-state index is 13.3. The highest BCUT2D eigenvalue weighted by molar-refractivity contribution is 7.89. The standard InChI is InChI=1S/C22H21FN4O2S/c1-2-16-5-11-19(12-6-16)30(28,29)25-14-15-27-21(17-7-9-18(23)10-8-17)26-20-4-3-13-24-22(20)27/h3-13,25H,2,14-15H2,1H3. The summed E-state index contributed by atoms with van der Waals surface area (Å²) in [5.41, 5.74) is 3.14. The van der Waals surface area contributed by atoms with Crippen molar-refractivity contribution in [2.24, 2.45) is 0 Å². The number of rotatable bonds is 7. The zero-order valence-electron chi connectivity index (χ0n) is 16.4. The highest BCUT2D eigenvalue weighted by atomic mass is 32.2. The first-order valence-electron chi connectivity index (χ1n) is 9.64. The van der Waals surface area contributed by atoms with Gasteiger partial charge < -0.3 is 4.57 Å². The summed E-state index contributed by atoms with van der Waals surface area (Å²) < 4.78 is 43.1. The van der Waals surface area contributed by atoms with Gasteiger partial charge in [-0.25, -0.2) is 27.5 Å². The van der Waals surface area contributed by atoms with Crippen LogP contribution in [0.1, 0.15) is 12.5 Å². The predicted molar refractivity (Wildman–Crippen MR) is 114 cm³/mol. The molecule has 154 valence electrons. The molecule has 0 spiro atoms. The molecule has 0 aliphatic heterocycles. The third-order valence-electron chi connectivity index (χ3n) is 4.88. The molecule has 2 aromatic carbocycles. The third kappa shape index (κ3) is 4.10. The van der Waals surface area contributed by atoms with Crippen LogP contribution in [0.5, 0.6) is 0 Å². The smallest absolute Gasteiger partial charge is 0.240 e. The van der Waals surface area contributed by atoms with E-state index in [-0.39, 0.29) is 17.3 Å². The second kappa shape index (κ2) is 8.33. The van der Waals surface area contributed by atoms with E-state index in [0.717, 1.165) is 17.5 Å². The van der Waals surface area contributed by atoms with Crippen LogP contribution in [0.4, 0.5) is 4.39 Å². The van der Waals surface area contributed by atoms with Crippen LogP contribution in [0.25, 0.3) is 22.6 Å². The highest BCUT2D eigenvalue weighted by Crippen LogP contribution is 2.23. The molecule has 1 N–H and O–H groups in total. The summed E-state index contributed by atoms with van der Waals surface area (Å²) in [7, 11) is -3.63. The summed E-state index contributed by atoms with van der Waals surface area (Å²) in [4.78, 5) is 9.22. The van der Waals surface area contributed by atoms with Gasteiger partial charge in [-0.3, -0.25) is 0 Å². The Bertz CT molecular complexity index is 1270. The number of hydrogen-bond donors (Lipinski definition) is 1. The van der Waals surface area contributed by atoms with Gasteiger partial charge in [0.1, 0.15) is 17.2 Å². The summed E-state index contributed by atoms with van der Waals surface area (Å²) in [6, 6.07) is 16.5. The van der Waals surface area contributed by atoms with E-state index in [2.05, 4.69) is 14.7 Å². The van der Waals surface area contributed by atoms with Gasteiger partial charge in [-0.2, -0.15) is 0 Å². The molecule has 0 unspecified atom stereocenters. The lowest BCUT2D eigenvalue weighted by molar-refractivity contribution is 0.574. The molecule has 0 fully saturated rings. The number of hydrogen-bond acceptors (Lipinski definition) is 4. The van der Waals surface area contributed by atoms with Crippen molar-refractivity contribution < 1.29 is 12.8 Å². The van der Waals surface area contributed by atoms with Crippen molar-refractivity contribution in [1.29, 1.82) is 0 Å². The zero-order valence-corrected chi connectivity index (χ0v) is 17.2. The Labute approximate surface area is 174 Å². The molecule has 0 saturated carbocycles. The van der Waals surface area contributed by atoms with Crippen molar-refractivity contribution in [3.8, 4) is 11.4 Å². The van der Waals surface area contributed by atoms with Crippen molar-refractivity contribution in [3.63, 3.8) is 0 Å². The quantitative estimate of drug-likeness (QED) is 0.490. The molecule has 0 aliphatic carbocycles. The fraction of sp³-hybridized carbons (Fsp3) is 0.182. The summed E-state index contributed by atoms with van der Waals surface area (Å²) in [5.74, 6) is 0.275. The highest BCUT2D eigenvalue weighted by Gasteiger charge is 2.16. The molecule has 0 radical (unpaired) electrons. The number of nitrogens with one attached hydrogen (secondary N) is 1. The lowest BCUT2D eigenvalue weighted by Gasteiger charge is -2.11. The van der Waals surface area contributed by atoms with E-state index in [4.69, 9.17) is 0 Å². The number of benzene rings is 2.